The highest BCUT2D eigenvalue weighted by Gasteiger charge is 2.17. The minimum absolute atomic E-state index is 0.305. The molecule has 1 heterocycles. The van der Waals surface area contributed by atoms with Crippen molar-refractivity contribution in [3.63, 3.8) is 0 Å². The Morgan fingerprint density at radius 2 is 2.25 bits per heavy atom. The van der Waals surface area contributed by atoms with Crippen molar-refractivity contribution in [2.75, 3.05) is 6.54 Å². The Morgan fingerprint density at radius 1 is 1.44 bits per heavy atom. The molecule has 4 heteroatoms. The lowest BCUT2D eigenvalue weighted by molar-refractivity contribution is 0.113. The van der Waals surface area contributed by atoms with Gasteiger partial charge in [0.1, 0.15) is 12.4 Å². The minimum atomic E-state index is 0.305. The quantitative estimate of drug-likeness (QED) is 0.834. The molecule has 16 heavy (non-hydrogen) atoms. The number of hydrogen-bond donors (Lipinski definition) is 1. The molecule has 1 saturated carbocycles. The van der Waals surface area contributed by atoms with Gasteiger partial charge in [-0.05, 0) is 32.2 Å². The number of rotatable bonds is 5. The molecule has 1 aliphatic carbocycles. The van der Waals surface area contributed by atoms with Crippen LogP contribution in [-0.4, -0.2) is 17.6 Å². The van der Waals surface area contributed by atoms with Gasteiger partial charge in [-0.3, -0.25) is 0 Å². The van der Waals surface area contributed by atoms with Crippen LogP contribution in [0, 0.1) is 0 Å². The van der Waals surface area contributed by atoms with Crippen LogP contribution in [-0.2, 0) is 6.54 Å². The van der Waals surface area contributed by atoms with Gasteiger partial charge in [0.15, 0.2) is 0 Å². The van der Waals surface area contributed by atoms with Crippen LogP contribution in [0.25, 0.3) is 0 Å². The van der Waals surface area contributed by atoms with Gasteiger partial charge in [0.05, 0.1) is 5.69 Å². The summed E-state index contributed by atoms with van der Waals surface area (Å²) in [6, 6.07) is 0. The number of ether oxygens (including phenoxy) is 1. The number of nitrogens with zero attached hydrogens (tertiary/aromatic N) is 1. The molecule has 0 aromatic carbocycles. The second kappa shape index (κ2) is 5.89. The predicted molar refractivity (Wildman–Crippen MR) is 61.4 cm³/mol. The molecule has 1 N–H and O–H groups in total. The van der Waals surface area contributed by atoms with Gasteiger partial charge in [-0.2, -0.15) is 4.98 Å². The van der Waals surface area contributed by atoms with Crippen LogP contribution in [0.5, 0.6) is 6.08 Å². The zero-order valence-electron chi connectivity index (χ0n) is 9.87. The van der Waals surface area contributed by atoms with E-state index in [1.54, 1.807) is 6.26 Å². The maximum absolute atomic E-state index is 5.71. The molecular weight excluding hydrogens is 204 g/mol. The van der Waals surface area contributed by atoms with Crippen molar-refractivity contribution < 1.29 is 9.15 Å². The van der Waals surface area contributed by atoms with Gasteiger partial charge in [0.2, 0.25) is 0 Å². The first-order valence-corrected chi connectivity index (χ1v) is 6.20. The van der Waals surface area contributed by atoms with E-state index in [-0.39, 0.29) is 0 Å². The molecule has 0 amide bonds. The van der Waals surface area contributed by atoms with E-state index < -0.39 is 0 Å². The largest absolute Gasteiger partial charge is 0.447 e. The average molecular weight is 224 g/mol. The molecule has 0 spiro atoms. The van der Waals surface area contributed by atoms with Crippen LogP contribution < -0.4 is 10.1 Å². The van der Waals surface area contributed by atoms with E-state index in [0.717, 1.165) is 31.6 Å². The van der Waals surface area contributed by atoms with Crippen LogP contribution in [0.3, 0.4) is 0 Å². The van der Waals surface area contributed by atoms with Gasteiger partial charge in [-0.1, -0.05) is 13.3 Å². The van der Waals surface area contributed by atoms with E-state index in [2.05, 4.69) is 17.2 Å². The van der Waals surface area contributed by atoms with Crippen molar-refractivity contribution in [3.05, 3.63) is 12.0 Å². The van der Waals surface area contributed by atoms with E-state index in [0.29, 0.717) is 12.2 Å². The average Bonchev–Trinajstić information content (AvgIpc) is 2.75. The van der Waals surface area contributed by atoms with Gasteiger partial charge >= 0.3 is 6.08 Å². The molecule has 90 valence electrons. The summed E-state index contributed by atoms with van der Waals surface area (Å²) < 4.78 is 11.0. The summed E-state index contributed by atoms with van der Waals surface area (Å²) in [7, 11) is 0. The highest BCUT2D eigenvalue weighted by atomic mass is 16.6. The van der Waals surface area contributed by atoms with E-state index in [9.17, 15) is 0 Å². The standard InChI is InChI=1S/C12H20N2O2/c1-2-13-8-10-9-15-12(14-10)16-11-6-4-3-5-7-11/h9,11,13H,2-8H2,1H3. The third-order valence-corrected chi connectivity index (χ3v) is 2.91. The smallest absolute Gasteiger partial charge is 0.394 e. The van der Waals surface area contributed by atoms with Gasteiger partial charge in [-0.15, -0.1) is 0 Å². The lowest BCUT2D eigenvalue weighted by Crippen LogP contribution is -2.19. The zero-order chi connectivity index (χ0) is 11.2. The number of oxazole rings is 1. The minimum Gasteiger partial charge on any atom is -0.447 e. The summed E-state index contributed by atoms with van der Waals surface area (Å²) in [4.78, 5) is 4.29. The number of nitrogens with one attached hydrogen (secondary N) is 1. The molecule has 1 fully saturated rings. The molecule has 0 bridgehead atoms. The van der Waals surface area contributed by atoms with E-state index in [4.69, 9.17) is 9.15 Å². The van der Waals surface area contributed by atoms with Crippen LogP contribution in [0.1, 0.15) is 44.7 Å². The maximum atomic E-state index is 5.71. The lowest BCUT2D eigenvalue weighted by Gasteiger charge is -2.20. The molecule has 1 aromatic heterocycles. The molecule has 0 unspecified atom stereocenters. The van der Waals surface area contributed by atoms with Crippen molar-refractivity contribution >= 4 is 0 Å². The predicted octanol–water partition coefficient (Wildman–Crippen LogP) is 2.50. The topological polar surface area (TPSA) is 47.3 Å². The molecule has 0 saturated heterocycles. The van der Waals surface area contributed by atoms with Crippen LogP contribution in [0.15, 0.2) is 10.7 Å². The fourth-order valence-electron chi connectivity index (χ4n) is 2.00. The third kappa shape index (κ3) is 3.23. The van der Waals surface area contributed by atoms with E-state index in [1.807, 2.05) is 0 Å². The fraction of sp³-hybridized carbons (Fsp3) is 0.750. The van der Waals surface area contributed by atoms with Crippen molar-refractivity contribution in [1.82, 2.24) is 10.3 Å². The summed E-state index contributed by atoms with van der Waals surface area (Å²) in [6.07, 6.45) is 8.51. The van der Waals surface area contributed by atoms with Crippen molar-refractivity contribution in [2.45, 2.75) is 51.7 Å². The molecular formula is C12H20N2O2. The summed E-state index contributed by atoms with van der Waals surface area (Å²) in [5, 5.41) is 3.20. The van der Waals surface area contributed by atoms with E-state index in [1.165, 1.54) is 19.3 Å². The highest BCUT2D eigenvalue weighted by Crippen LogP contribution is 2.22. The summed E-state index contributed by atoms with van der Waals surface area (Å²) >= 11 is 0. The van der Waals surface area contributed by atoms with E-state index >= 15 is 0 Å². The van der Waals surface area contributed by atoms with Gasteiger partial charge in [0.25, 0.3) is 0 Å². The van der Waals surface area contributed by atoms with Gasteiger partial charge < -0.3 is 14.5 Å². The third-order valence-electron chi connectivity index (χ3n) is 2.91. The molecule has 0 atom stereocenters. The Morgan fingerprint density at radius 3 is 3.00 bits per heavy atom. The van der Waals surface area contributed by atoms with Crippen molar-refractivity contribution in [1.29, 1.82) is 0 Å². The Labute approximate surface area is 96.4 Å². The summed E-state index contributed by atoms with van der Waals surface area (Å²) in [5.41, 5.74) is 0.910. The molecule has 4 nitrogen and oxygen atoms in total. The number of aromatic nitrogens is 1. The summed E-state index contributed by atoms with van der Waals surface area (Å²) in [6.45, 7) is 3.75. The van der Waals surface area contributed by atoms with Crippen LogP contribution in [0.2, 0.25) is 0 Å². The SMILES string of the molecule is CCNCc1coc(OC2CCCCC2)n1. The first-order valence-electron chi connectivity index (χ1n) is 6.20. The summed E-state index contributed by atoms with van der Waals surface area (Å²) in [5.74, 6) is 0. The Kier molecular flexibility index (Phi) is 4.22. The first kappa shape index (κ1) is 11.5. The molecule has 0 radical (unpaired) electrons. The van der Waals surface area contributed by atoms with Crippen molar-refractivity contribution in [3.8, 4) is 6.08 Å². The normalized spacial score (nSPS) is 17.6. The monoisotopic (exact) mass is 224 g/mol. The zero-order valence-corrected chi connectivity index (χ0v) is 9.87. The molecule has 2 rings (SSSR count). The Hall–Kier alpha value is -1.03. The maximum Gasteiger partial charge on any atom is 0.394 e. The van der Waals surface area contributed by atoms with Crippen molar-refractivity contribution in [2.24, 2.45) is 0 Å². The van der Waals surface area contributed by atoms with Gasteiger partial charge in [0, 0.05) is 6.54 Å². The second-order valence-corrected chi connectivity index (χ2v) is 4.26. The second-order valence-electron chi connectivity index (χ2n) is 4.26. The van der Waals surface area contributed by atoms with Gasteiger partial charge in [-0.25, -0.2) is 0 Å². The fourth-order valence-corrected chi connectivity index (χ4v) is 2.00. The highest BCUT2D eigenvalue weighted by molar-refractivity contribution is 5.00. The Bertz CT molecular complexity index is 306. The van der Waals surface area contributed by atoms with Crippen LogP contribution in [0.4, 0.5) is 0 Å². The molecule has 1 aromatic rings. The first-order chi connectivity index (χ1) is 7.88. The molecule has 1 aliphatic rings. The Balaban J connectivity index is 1.81. The lowest BCUT2D eigenvalue weighted by atomic mass is 9.98. The van der Waals surface area contributed by atoms with Crippen LogP contribution >= 0.6 is 0 Å². The molecule has 0 aliphatic heterocycles. The number of hydrogen-bond acceptors (Lipinski definition) is 4.